The zero-order chi connectivity index (χ0) is 29.5. The maximum Gasteiger partial charge on any atom is 0.338 e. The largest absolute Gasteiger partial charge is 0.481 e. The summed E-state index contributed by atoms with van der Waals surface area (Å²) in [5.74, 6) is -1.94. The molecule has 2 aliphatic heterocycles. The van der Waals surface area contributed by atoms with E-state index in [9.17, 15) is 27.5 Å². The number of hydrogen-bond acceptors (Lipinski definition) is 9. The number of carboxylic acid groups (broad SMARTS) is 1. The molecule has 2 N–H and O–H groups in total. The SMILES string of the molecule is CCOC(=O)C1=C(C2CCN(S(=O)(=O)[C@H]3C[C@@](C)(C(=O)O)C3)CC2)NC(c2nccs2)=NC1c1ccc(F)cc1Cl. The molecule has 1 unspecified atom stereocenters. The van der Waals surface area contributed by atoms with Crippen molar-refractivity contribution < 1.29 is 32.2 Å². The Morgan fingerprint density at radius 3 is 2.59 bits per heavy atom. The topological polar surface area (TPSA) is 138 Å². The van der Waals surface area contributed by atoms with Crippen molar-refractivity contribution in [1.82, 2.24) is 14.6 Å². The second kappa shape index (κ2) is 11.4. The Bertz CT molecular complexity index is 1510. The van der Waals surface area contributed by atoms with Gasteiger partial charge in [0.2, 0.25) is 10.0 Å². The quantitative estimate of drug-likeness (QED) is 0.418. The average Bonchev–Trinajstić information content (AvgIpc) is 3.46. The second-order valence-electron chi connectivity index (χ2n) is 10.7. The summed E-state index contributed by atoms with van der Waals surface area (Å²) >= 11 is 7.80. The van der Waals surface area contributed by atoms with E-state index in [0.717, 1.165) is 0 Å². The predicted octanol–water partition coefficient (Wildman–Crippen LogP) is 4.14. The first-order valence-corrected chi connectivity index (χ1v) is 16.0. The van der Waals surface area contributed by atoms with Crippen LogP contribution in [0.1, 0.15) is 56.1 Å². The van der Waals surface area contributed by atoms with E-state index in [1.54, 1.807) is 25.4 Å². The van der Waals surface area contributed by atoms with E-state index in [-0.39, 0.29) is 49.1 Å². The molecule has 41 heavy (non-hydrogen) atoms. The first-order chi connectivity index (χ1) is 19.4. The van der Waals surface area contributed by atoms with Crippen molar-refractivity contribution in [2.75, 3.05) is 19.7 Å². The minimum absolute atomic E-state index is 0.0814. The van der Waals surface area contributed by atoms with Gasteiger partial charge in [-0.3, -0.25) is 9.79 Å². The number of hydrogen-bond donors (Lipinski definition) is 2. The van der Waals surface area contributed by atoms with Gasteiger partial charge < -0.3 is 15.2 Å². The molecular weight excluding hydrogens is 595 g/mol. The minimum Gasteiger partial charge on any atom is -0.481 e. The Morgan fingerprint density at radius 2 is 2.00 bits per heavy atom. The summed E-state index contributed by atoms with van der Waals surface area (Å²) in [6.07, 6.45) is 2.61. The number of rotatable bonds is 8. The van der Waals surface area contributed by atoms with Crippen LogP contribution in [-0.2, 0) is 24.3 Å². The summed E-state index contributed by atoms with van der Waals surface area (Å²) in [4.78, 5) is 34.0. The highest BCUT2D eigenvalue weighted by Crippen LogP contribution is 2.46. The van der Waals surface area contributed by atoms with Crippen LogP contribution in [-0.4, -0.2) is 65.5 Å². The first kappa shape index (κ1) is 29.6. The van der Waals surface area contributed by atoms with Crippen LogP contribution in [0.25, 0.3) is 0 Å². The number of carbonyl (C=O) groups is 2. The van der Waals surface area contributed by atoms with Crippen molar-refractivity contribution >= 4 is 50.7 Å². The van der Waals surface area contributed by atoms with Gasteiger partial charge in [0.15, 0.2) is 10.8 Å². The number of aliphatic carboxylic acids is 1. The number of halogens is 2. The summed E-state index contributed by atoms with van der Waals surface area (Å²) in [7, 11) is -3.68. The van der Waals surface area contributed by atoms with Gasteiger partial charge in [-0.15, -0.1) is 11.3 Å². The number of carboxylic acids is 1. The Morgan fingerprint density at radius 1 is 1.29 bits per heavy atom. The number of allylic oxidation sites excluding steroid dienone is 1. The highest BCUT2D eigenvalue weighted by molar-refractivity contribution is 7.89. The third kappa shape index (κ3) is 5.64. The molecule has 3 heterocycles. The predicted molar refractivity (Wildman–Crippen MR) is 152 cm³/mol. The van der Waals surface area contributed by atoms with Crippen molar-refractivity contribution in [1.29, 1.82) is 0 Å². The van der Waals surface area contributed by atoms with Gasteiger partial charge in [-0.25, -0.2) is 26.9 Å². The maximum atomic E-state index is 13.9. The van der Waals surface area contributed by atoms with E-state index in [1.807, 2.05) is 0 Å². The van der Waals surface area contributed by atoms with Gasteiger partial charge in [0.1, 0.15) is 11.9 Å². The number of ether oxygens (including phenoxy) is 1. The van der Waals surface area contributed by atoms with E-state index < -0.39 is 44.5 Å². The number of aromatic nitrogens is 1. The fourth-order valence-corrected chi connectivity index (χ4v) is 8.81. The Balaban J connectivity index is 1.46. The fourth-order valence-electron chi connectivity index (χ4n) is 5.66. The van der Waals surface area contributed by atoms with Crippen LogP contribution in [0.2, 0.25) is 5.02 Å². The molecule has 14 heteroatoms. The summed E-state index contributed by atoms with van der Waals surface area (Å²) in [6.45, 7) is 3.80. The number of piperidine rings is 1. The van der Waals surface area contributed by atoms with E-state index in [0.29, 0.717) is 34.9 Å². The third-order valence-electron chi connectivity index (χ3n) is 7.98. The molecule has 2 aromatic rings. The smallest absolute Gasteiger partial charge is 0.338 e. The van der Waals surface area contributed by atoms with Crippen LogP contribution in [0, 0.1) is 17.2 Å². The van der Waals surface area contributed by atoms with Gasteiger partial charge in [-0.1, -0.05) is 17.7 Å². The number of nitrogens with zero attached hydrogens (tertiary/aromatic N) is 3. The Kier molecular flexibility index (Phi) is 8.25. The third-order valence-corrected chi connectivity index (χ3v) is 11.3. The molecular formula is C27H30ClFN4O6S2. The highest BCUT2D eigenvalue weighted by atomic mass is 35.5. The lowest BCUT2D eigenvalue weighted by Crippen LogP contribution is -2.54. The molecule has 10 nitrogen and oxygen atoms in total. The summed E-state index contributed by atoms with van der Waals surface area (Å²) in [5.41, 5.74) is 0.186. The molecule has 0 amide bonds. The number of carbonyl (C=O) groups excluding carboxylic acids is 1. The highest BCUT2D eigenvalue weighted by Gasteiger charge is 2.53. The van der Waals surface area contributed by atoms with E-state index in [1.165, 1.54) is 33.8 Å². The Hall–Kier alpha value is -2.87. The van der Waals surface area contributed by atoms with E-state index in [4.69, 9.17) is 21.3 Å². The summed E-state index contributed by atoms with van der Waals surface area (Å²) in [5, 5.41) is 14.5. The van der Waals surface area contributed by atoms with Crippen molar-refractivity contribution in [3.05, 3.63) is 62.5 Å². The number of sulfonamides is 1. The summed E-state index contributed by atoms with van der Waals surface area (Å²) in [6, 6.07) is 3.01. The molecule has 1 saturated carbocycles. The van der Waals surface area contributed by atoms with E-state index in [2.05, 4.69) is 10.3 Å². The molecule has 1 saturated heterocycles. The lowest BCUT2D eigenvalue weighted by atomic mass is 9.70. The molecule has 1 aliphatic carbocycles. The molecule has 1 atom stereocenters. The van der Waals surface area contributed by atoms with Gasteiger partial charge in [0.25, 0.3) is 0 Å². The number of esters is 1. The van der Waals surface area contributed by atoms with Crippen LogP contribution in [0.4, 0.5) is 4.39 Å². The molecule has 5 rings (SSSR count). The van der Waals surface area contributed by atoms with Crippen molar-refractivity contribution in [3.8, 4) is 0 Å². The molecule has 0 bridgehead atoms. The van der Waals surface area contributed by atoms with Gasteiger partial charge in [-0.2, -0.15) is 0 Å². The molecule has 1 aromatic carbocycles. The molecule has 2 fully saturated rings. The number of amidine groups is 1. The van der Waals surface area contributed by atoms with Crippen LogP contribution < -0.4 is 5.32 Å². The lowest BCUT2D eigenvalue weighted by molar-refractivity contribution is -0.152. The fraction of sp³-hybridized carbons (Fsp3) is 0.481. The first-order valence-electron chi connectivity index (χ1n) is 13.3. The van der Waals surface area contributed by atoms with Crippen LogP contribution in [0.15, 0.2) is 46.0 Å². The van der Waals surface area contributed by atoms with Gasteiger partial charge >= 0.3 is 11.9 Å². The van der Waals surface area contributed by atoms with Crippen LogP contribution in [0.3, 0.4) is 0 Å². The van der Waals surface area contributed by atoms with Crippen molar-refractivity contribution in [2.24, 2.45) is 16.3 Å². The number of aliphatic imine (C=N–C) groups is 1. The maximum absolute atomic E-state index is 13.9. The van der Waals surface area contributed by atoms with Gasteiger partial charge in [0, 0.05) is 46.9 Å². The minimum atomic E-state index is -3.68. The molecule has 0 radical (unpaired) electrons. The monoisotopic (exact) mass is 624 g/mol. The van der Waals surface area contributed by atoms with Crippen molar-refractivity contribution in [2.45, 2.75) is 50.8 Å². The van der Waals surface area contributed by atoms with Crippen LogP contribution >= 0.6 is 22.9 Å². The lowest BCUT2D eigenvalue weighted by Gasteiger charge is -2.44. The van der Waals surface area contributed by atoms with Crippen LogP contribution in [0.5, 0.6) is 0 Å². The molecule has 0 spiro atoms. The Labute approximate surface area is 246 Å². The van der Waals surface area contributed by atoms with Gasteiger partial charge in [0.05, 0.1) is 22.8 Å². The molecule has 1 aromatic heterocycles. The average molecular weight is 625 g/mol. The van der Waals surface area contributed by atoms with E-state index >= 15 is 0 Å². The number of benzene rings is 1. The number of nitrogens with one attached hydrogen (secondary N) is 1. The zero-order valence-electron chi connectivity index (χ0n) is 22.5. The molecule has 3 aliphatic rings. The zero-order valence-corrected chi connectivity index (χ0v) is 24.9. The number of thiazole rings is 1. The normalized spacial score (nSPS) is 25.7. The molecule has 220 valence electrons. The summed E-state index contributed by atoms with van der Waals surface area (Å²) < 4.78 is 47.4. The van der Waals surface area contributed by atoms with Gasteiger partial charge in [-0.05, 0) is 51.7 Å². The second-order valence-corrected chi connectivity index (χ2v) is 14.2. The standard InChI is InChI=1S/C27H30ClFN4O6S2/c1-3-39-25(34)20-21(15-6-9-33(10-7-15)41(37,38)17-13-27(2,14-17)26(35)36)31-23(24-30-8-11-40-24)32-22(20)18-5-4-16(29)12-19(18)28/h4-5,8,11-12,15,17,22H,3,6-7,9-10,13-14H2,1-2H3,(H,31,32)(H,35,36)/t17-,22?,27+. The van der Waals surface area contributed by atoms with Crippen molar-refractivity contribution in [3.63, 3.8) is 0 Å².